The van der Waals surface area contributed by atoms with E-state index in [9.17, 15) is 0 Å². The number of benzene rings is 6. The Labute approximate surface area is 538 Å². The topological polar surface area (TPSA) is 51.6 Å². The van der Waals surface area contributed by atoms with Gasteiger partial charge in [0.1, 0.15) is 0 Å². The highest BCUT2D eigenvalue weighted by molar-refractivity contribution is 7.21. The van der Waals surface area contributed by atoms with Crippen molar-refractivity contribution in [2.45, 2.75) is 58.8 Å². The van der Waals surface area contributed by atoms with Crippen LogP contribution in [-0.2, 0) is 51.4 Å². The first-order valence-corrected chi connectivity index (χ1v) is 33.6. The summed E-state index contributed by atoms with van der Waals surface area (Å²) in [5, 5.41) is 8.71. The van der Waals surface area contributed by atoms with E-state index < -0.39 is 0 Å². The van der Waals surface area contributed by atoms with Crippen LogP contribution in [0.2, 0.25) is 0 Å². The average molecular weight is 1220 g/mol. The molecule has 8 aromatic heterocycles. The number of thiophene rings is 4. The second kappa shape index (κ2) is 26.2. The molecule has 0 aliphatic heterocycles. The lowest BCUT2D eigenvalue weighted by Crippen LogP contribution is -2.06. The molecule has 432 valence electrons. The lowest BCUT2D eigenvalue weighted by atomic mass is 9.86. The minimum absolute atomic E-state index is 0. The maximum atomic E-state index is 4.37. The highest BCUT2D eigenvalue weighted by atomic mass is 32.1. The zero-order valence-corrected chi connectivity index (χ0v) is 51.7. The van der Waals surface area contributed by atoms with Crippen LogP contribution in [0.25, 0.3) is 64.0 Å². The van der Waals surface area contributed by atoms with Crippen LogP contribution in [0, 0.1) is 0 Å². The molecule has 6 aromatic carbocycles. The molecule has 8 heteroatoms. The first-order chi connectivity index (χ1) is 43.6. The summed E-state index contributed by atoms with van der Waals surface area (Å²) in [4.78, 5) is 23.3. The van der Waals surface area contributed by atoms with E-state index in [0.717, 1.165) is 62.8 Å². The van der Waals surface area contributed by atoms with Crippen LogP contribution in [0.1, 0.15) is 97.0 Å². The van der Waals surface area contributed by atoms with E-state index in [2.05, 4.69) is 236 Å². The van der Waals surface area contributed by atoms with Crippen molar-refractivity contribution in [3.63, 3.8) is 0 Å². The lowest BCUT2D eigenvalue weighted by Gasteiger charge is -2.18. The summed E-state index contributed by atoms with van der Waals surface area (Å²) in [6.07, 6.45) is 15.9. The van der Waals surface area contributed by atoms with E-state index in [0.29, 0.717) is 0 Å². The zero-order chi connectivity index (χ0) is 58.6. The summed E-state index contributed by atoms with van der Waals surface area (Å²) in [7, 11) is 0. The van der Waals surface area contributed by atoms with E-state index in [4.69, 9.17) is 0 Å². The number of rotatable bonds is 0. The molecule has 21 rings (SSSR count). The molecule has 7 aliphatic carbocycles. The number of pyridine rings is 4. The Morgan fingerprint density at radius 2 is 0.438 bits per heavy atom. The van der Waals surface area contributed by atoms with E-state index >= 15 is 0 Å². The van der Waals surface area contributed by atoms with E-state index in [1.54, 1.807) is 0 Å². The summed E-state index contributed by atoms with van der Waals surface area (Å²) >= 11 is 7.41. The van der Waals surface area contributed by atoms with Crippen molar-refractivity contribution in [2.24, 2.45) is 0 Å². The molecule has 0 fully saturated rings. The van der Waals surface area contributed by atoms with E-state index in [-0.39, 0.29) is 7.43 Å². The van der Waals surface area contributed by atoms with Gasteiger partial charge in [-0.2, -0.15) is 0 Å². The number of nitrogens with zero attached hydrogens (tertiary/aromatic N) is 4. The van der Waals surface area contributed by atoms with Gasteiger partial charge in [0, 0.05) is 92.2 Å². The van der Waals surface area contributed by atoms with Gasteiger partial charge in [-0.3, -0.25) is 19.9 Å². The Balaban J connectivity index is 0.0000000908. The standard InChI is InChI=1S/C14H12.C13H10.C12H9N.C11H8N2.C11H8S.C10H7NS.C9H6S2.CH4/c1-2-6-12-10-14-8-4-3-7-13(14)9-11(12)5-1;1-3-7-12-10(5-1)9-11-6-2-4-8-13(11)12;1-2-5-10-9(4-1)8-12-11(10)6-3-7-13-12;1-3-8-9-4-2-6-13-11(9)7-10(8)12-5-1;1-2-4-10-8(3-1)7-9-5-6-12-11(9)10;1-2-8-9(11-4-1)6-7-3-5-12-10(7)8;1-3-10-8-6(1)5-7-2-4-11-9(7)8;/h1-8H,9-10H2;1-8H,9H2;1-7H,8H2;1-6H,7H2;1-6H,7H2;1-5H,6H2;1-4H,5H2;1H4. The van der Waals surface area contributed by atoms with Gasteiger partial charge in [0.2, 0.25) is 0 Å². The summed E-state index contributed by atoms with van der Waals surface area (Å²) in [6, 6.07) is 77.4. The van der Waals surface area contributed by atoms with Crippen LogP contribution in [0.15, 0.2) is 265 Å². The van der Waals surface area contributed by atoms with Crippen molar-refractivity contribution in [3.05, 3.63) is 354 Å². The second-order valence-corrected chi connectivity index (χ2v) is 26.3. The molecule has 0 amide bonds. The molecule has 89 heavy (non-hydrogen) atoms. The van der Waals surface area contributed by atoms with Gasteiger partial charge in [-0.25, -0.2) is 0 Å². The minimum atomic E-state index is 0. The van der Waals surface area contributed by atoms with Crippen LogP contribution in [0.3, 0.4) is 0 Å². The molecule has 7 aliphatic rings. The van der Waals surface area contributed by atoms with Crippen molar-refractivity contribution in [3.8, 4) is 64.0 Å². The fourth-order valence-corrected chi connectivity index (χ4v) is 17.1. The number of hydrogen-bond acceptors (Lipinski definition) is 8. The maximum Gasteiger partial charge on any atom is 0.0542 e. The monoisotopic (exact) mass is 1220 g/mol. The Hall–Kier alpha value is -9.28. The molecule has 0 radical (unpaired) electrons. The van der Waals surface area contributed by atoms with Gasteiger partial charge >= 0.3 is 0 Å². The predicted octanol–water partition coefficient (Wildman–Crippen LogP) is 21.2. The van der Waals surface area contributed by atoms with Gasteiger partial charge in [0.05, 0.1) is 22.8 Å². The maximum absolute atomic E-state index is 4.37. The van der Waals surface area contributed by atoms with Crippen LogP contribution in [-0.4, -0.2) is 19.9 Å². The molecule has 0 saturated carbocycles. The van der Waals surface area contributed by atoms with Gasteiger partial charge < -0.3 is 0 Å². The van der Waals surface area contributed by atoms with Crippen molar-refractivity contribution >= 4 is 45.3 Å². The molecule has 0 N–H and O–H groups in total. The van der Waals surface area contributed by atoms with E-state index in [1.165, 1.54) is 142 Å². The largest absolute Gasteiger partial charge is 0.260 e. The van der Waals surface area contributed by atoms with Gasteiger partial charge in [-0.05, 0) is 185 Å². The third-order valence-corrected chi connectivity index (χ3v) is 21.4. The van der Waals surface area contributed by atoms with Crippen molar-refractivity contribution < 1.29 is 0 Å². The van der Waals surface area contributed by atoms with Gasteiger partial charge in [0.15, 0.2) is 0 Å². The highest BCUT2D eigenvalue weighted by Crippen LogP contribution is 2.45. The Bertz CT molecular complexity index is 4250. The number of fused-ring (bicyclic) bond motifs is 20. The molecule has 4 nitrogen and oxygen atoms in total. The molecule has 0 bridgehead atoms. The van der Waals surface area contributed by atoms with E-state index in [1.807, 2.05) is 94.4 Å². The third-order valence-electron chi connectivity index (χ3n) is 17.4. The van der Waals surface area contributed by atoms with Crippen LogP contribution < -0.4 is 0 Å². The van der Waals surface area contributed by atoms with Crippen LogP contribution in [0.4, 0.5) is 0 Å². The summed E-state index contributed by atoms with van der Waals surface area (Å²) < 4.78 is 0. The highest BCUT2D eigenvalue weighted by Gasteiger charge is 2.24. The minimum Gasteiger partial charge on any atom is -0.260 e. The lowest BCUT2D eigenvalue weighted by molar-refractivity contribution is 1.00. The summed E-state index contributed by atoms with van der Waals surface area (Å²) in [5.74, 6) is 0. The summed E-state index contributed by atoms with van der Waals surface area (Å²) in [6.45, 7) is 0. The predicted molar refractivity (Wildman–Crippen MR) is 376 cm³/mol. The summed E-state index contributed by atoms with van der Waals surface area (Å²) in [5.41, 5.74) is 33.3. The molecule has 8 heterocycles. The van der Waals surface area contributed by atoms with Crippen molar-refractivity contribution in [1.29, 1.82) is 0 Å². The zero-order valence-electron chi connectivity index (χ0n) is 48.5. The SMILES string of the molecule is C.c1cc2c(s1)-c1sccc1C2.c1ccc2c(c1)Cc1ccccc1-2.c1ccc2c(c1)Cc1ccccc1C2.c1ccc2c(c1)Cc1ccsc1-2.c1ccc2c(c1)Cc1ncccc1-2.c1cnc2c(c1)-c1cccnc1C2.c1cnc2c(c1)-c1sccc1C2. The third kappa shape index (κ3) is 12.0. The van der Waals surface area contributed by atoms with Gasteiger partial charge in [0.25, 0.3) is 0 Å². The fraction of sp³-hybridized carbons (Fsp3) is 0.111. The number of hydrogen-bond donors (Lipinski definition) is 0. The molecular weight excluding hydrogens is 1160 g/mol. The Kier molecular flexibility index (Phi) is 16.9. The quantitative estimate of drug-likeness (QED) is 0.152. The Morgan fingerprint density at radius 3 is 0.899 bits per heavy atom. The average Bonchev–Trinajstić information content (AvgIpc) is 3.72. The van der Waals surface area contributed by atoms with Crippen molar-refractivity contribution in [1.82, 2.24) is 19.9 Å². The molecule has 0 unspecified atom stereocenters. The first-order valence-electron chi connectivity index (χ1n) is 30.1. The smallest absolute Gasteiger partial charge is 0.0542 e. The van der Waals surface area contributed by atoms with Gasteiger partial charge in [-0.15, -0.1) is 45.3 Å². The normalized spacial score (nSPS) is 12.5. The Morgan fingerprint density at radius 1 is 0.191 bits per heavy atom. The van der Waals surface area contributed by atoms with Gasteiger partial charge in [-0.1, -0.05) is 177 Å². The van der Waals surface area contributed by atoms with Crippen LogP contribution >= 0.6 is 45.3 Å². The second-order valence-electron chi connectivity index (χ2n) is 22.7. The molecule has 0 spiro atoms. The number of aromatic nitrogens is 4. The molecule has 0 atom stereocenters. The fourth-order valence-electron chi connectivity index (χ4n) is 13.1. The van der Waals surface area contributed by atoms with Crippen molar-refractivity contribution in [2.75, 3.05) is 0 Å². The molecule has 14 aromatic rings. The first kappa shape index (κ1) is 57.5. The molecule has 0 saturated heterocycles. The molecular formula is C81H64N4S4. The van der Waals surface area contributed by atoms with Crippen LogP contribution in [0.5, 0.6) is 0 Å².